The van der Waals surface area contributed by atoms with Crippen molar-refractivity contribution in [3.63, 3.8) is 0 Å². The Morgan fingerprint density at radius 2 is 2.28 bits per heavy atom. The van der Waals surface area contributed by atoms with Gasteiger partial charge in [0.25, 0.3) is 9.48 Å². The van der Waals surface area contributed by atoms with E-state index < -0.39 is 8.72 Å². The number of nitrogens with one attached hydrogen (secondary N) is 1. The van der Waals surface area contributed by atoms with Crippen LogP contribution in [0.1, 0.15) is 6.92 Å². The smallest absolute Gasteiger partial charge is 0.271 e. The van der Waals surface area contributed by atoms with Crippen LogP contribution in [-0.2, 0) is 0 Å². The van der Waals surface area contributed by atoms with Gasteiger partial charge < -0.3 is 20.3 Å². The number of anilines is 1. The molecule has 1 atom stereocenters. The molecule has 0 spiro atoms. The summed E-state index contributed by atoms with van der Waals surface area (Å²) in [5, 5.41) is 31.7. The number of aliphatic hydroxyl groups is 2. The van der Waals surface area contributed by atoms with E-state index in [9.17, 15) is 15.2 Å². The van der Waals surface area contributed by atoms with Crippen molar-refractivity contribution in [3.05, 3.63) is 28.3 Å². The Morgan fingerprint density at radius 3 is 2.78 bits per heavy atom. The van der Waals surface area contributed by atoms with E-state index in [1.54, 1.807) is 22.6 Å². The van der Waals surface area contributed by atoms with E-state index in [0.29, 0.717) is 5.69 Å². The molecule has 1 aromatic rings. The van der Waals surface area contributed by atoms with Crippen LogP contribution in [0.3, 0.4) is 0 Å². The zero-order valence-electron chi connectivity index (χ0n) is 9.59. The van der Waals surface area contributed by atoms with E-state index in [4.69, 9.17) is 9.84 Å². The molecule has 0 fully saturated rings. The Morgan fingerprint density at radius 1 is 1.61 bits per heavy atom. The fourth-order valence-electron chi connectivity index (χ4n) is 1.25. The lowest BCUT2D eigenvalue weighted by Crippen LogP contribution is -2.23. The van der Waals surface area contributed by atoms with Crippen LogP contribution in [0.15, 0.2) is 18.2 Å². The van der Waals surface area contributed by atoms with Crippen LogP contribution in [0.25, 0.3) is 0 Å². The number of halogens is 1. The van der Waals surface area contributed by atoms with Crippen molar-refractivity contribution in [2.24, 2.45) is 0 Å². The minimum atomic E-state index is -1.43. The Balaban J connectivity index is 3.04. The lowest BCUT2D eigenvalue weighted by molar-refractivity contribution is -0.384. The summed E-state index contributed by atoms with van der Waals surface area (Å²) < 4.78 is 3.81. The molecule has 0 aliphatic rings. The molecule has 18 heavy (non-hydrogen) atoms. The van der Waals surface area contributed by atoms with Gasteiger partial charge in [-0.05, 0) is 6.07 Å². The highest BCUT2D eigenvalue weighted by atomic mass is 127. The van der Waals surface area contributed by atoms with Crippen LogP contribution >= 0.6 is 22.6 Å². The van der Waals surface area contributed by atoms with Gasteiger partial charge in [-0.25, -0.2) is 0 Å². The second-order valence-electron chi connectivity index (χ2n) is 3.56. The van der Waals surface area contributed by atoms with Gasteiger partial charge in [-0.3, -0.25) is 10.1 Å². The first-order valence-electron chi connectivity index (χ1n) is 5.07. The first-order chi connectivity index (χ1) is 8.33. The zero-order chi connectivity index (χ0) is 13.8. The highest BCUT2D eigenvalue weighted by Gasteiger charge is 2.20. The fourth-order valence-corrected chi connectivity index (χ4v) is 1.49. The second kappa shape index (κ2) is 6.16. The highest BCUT2D eigenvalue weighted by Crippen LogP contribution is 2.32. The van der Waals surface area contributed by atoms with E-state index in [1.807, 2.05) is 0 Å². The largest absolute Gasteiger partial charge is 0.452 e. The molecule has 3 N–H and O–H groups in total. The number of alkyl halides is 1. The molecule has 0 aromatic heterocycles. The number of non-ortho nitro benzene ring substituents is 1. The minimum absolute atomic E-state index is 0.101. The molecule has 0 amide bonds. The van der Waals surface area contributed by atoms with Crippen molar-refractivity contribution >= 4 is 34.0 Å². The lowest BCUT2D eigenvalue weighted by Gasteiger charge is -2.20. The fraction of sp³-hybridized carbons (Fsp3) is 0.400. The molecular formula is C10H13IN2O5. The second-order valence-corrected chi connectivity index (χ2v) is 5.56. The van der Waals surface area contributed by atoms with Crippen LogP contribution in [0, 0.1) is 10.1 Å². The Kier molecular flexibility index (Phi) is 5.11. The van der Waals surface area contributed by atoms with Crippen LogP contribution in [0.2, 0.25) is 0 Å². The number of aliphatic hydroxyl groups excluding tert-OH is 1. The average molecular weight is 368 g/mol. The van der Waals surface area contributed by atoms with Gasteiger partial charge in [0, 0.05) is 48.2 Å². The summed E-state index contributed by atoms with van der Waals surface area (Å²) in [4.78, 5) is 10.1. The third-order valence-electron chi connectivity index (χ3n) is 1.90. The molecule has 1 rings (SSSR count). The number of ether oxygens (including phenoxy) is 1. The van der Waals surface area contributed by atoms with Crippen molar-refractivity contribution in [1.82, 2.24) is 0 Å². The summed E-state index contributed by atoms with van der Waals surface area (Å²) in [6.07, 6.45) is 0. The molecule has 0 bridgehead atoms. The number of nitrogens with zero attached hydrogens (tertiary/aromatic N) is 1. The van der Waals surface area contributed by atoms with Crippen LogP contribution in [-0.4, -0.2) is 32.1 Å². The quantitative estimate of drug-likeness (QED) is 0.231. The lowest BCUT2D eigenvalue weighted by atomic mass is 10.2. The predicted octanol–water partition coefficient (Wildman–Crippen LogP) is 1.48. The minimum Gasteiger partial charge on any atom is -0.452 e. The first-order valence-corrected chi connectivity index (χ1v) is 6.15. The molecule has 1 aromatic carbocycles. The highest BCUT2D eigenvalue weighted by molar-refractivity contribution is 14.1. The third kappa shape index (κ3) is 4.63. The summed E-state index contributed by atoms with van der Waals surface area (Å²) in [6, 6.07) is 3.96. The molecule has 100 valence electrons. The standard InChI is InChI=1S/C10H13IN2O5/c1-10(11,15)18-9-3-2-7(13(16)17)6-8(9)12-4-5-14/h2-3,6,12,14-15H,4-5H2,1H3. The Labute approximate surface area is 117 Å². The monoisotopic (exact) mass is 368 g/mol. The summed E-state index contributed by atoms with van der Waals surface area (Å²) >= 11 is 1.68. The van der Waals surface area contributed by atoms with Gasteiger partial charge >= 0.3 is 0 Å². The number of nitro groups is 1. The molecule has 0 radical (unpaired) electrons. The van der Waals surface area contributed by atoms with Gasteiger partial charge in [0.05, 0.1) is 17.2 Å². The summed E-state index contributed by atoms with van der Waals surface area (Å²) in [5.41, 5.74) is 0.242. The zero-order valence-corrected chi connectivity index (χ0v) is 11.7. The van der Waals surface area contributed by atoms with Crippen molar-refractivity contribution < 1.29 is 19.9 Å². The van der Waals surface area contributed by atoms with Gasteiger partial charge in [-0.1, -0.05) is 0 Å². The average Bonchev–Trinajstić information content (AvgIpc) is 2.25. The molecule has 8 heteroatoms. The van der Waals surface area contributed by atoms with Crippen molar-refractivity contribution in [2.75, 3.05) is 18.5 Å². The summed E-state index contributed by atoms with van der Waals surface area (Å²) in [6.45, 7) is 1.54. The maximum atomic E-state index is 10.7. The molecule has 0 aliphatic carbocycles. The van der Waals surface area contributed by atoms with Gasteiger partial charge in [0.2, 0.25) is 0 Å². The number of hydrogen-bond acceptors (Lipinski definition) is 6. The van der Waals surface area contributed by atoms with Crippen LogP contribution in [0.4, 0.5) is 11.4 Å². The Hall–Kier alpha value is -1.13. The van der Waals surface area contributed by atoms with Crippen molar-refractivity contribution in [2.45, 2.75) is 10.7 Å². The van der Waals surface area contributed by atoms with Crippen LogP contribution < -0.4 is 10.1 Å². The molecule has 0 heterocycles. The maximum absolute atomic E-state index is 10.7. The number of nitro benzene ring substituents is 1. The summed E-state index contributed by atoms with van der Waals surface area (Å²) in [5.74, 6) is 0.272. The maximum Gasteiger partial charge on any atom is 0.271 e. The molecule has 0 saturated carbocycles. The summed E-state index contributed by atoms with van der Waals surface area (Å²) in [7, 11) is 0. The molecule has 0 aliphatic heterocycles. The predicted molar refractivity (Wildman–Crippen MR) is 73.9 cm³/mol. The number of hydrogen-bond donors (Lipinski definition) is 3. The van der Waals surface area contributed by atoms with E-state index in [0.717, 1.165) is 0 Å². The number of benzene rings is 1. The third-order valence-corrected chi connectivity index (χ3v) is 2.12. The van der Waals surface area contributed by atoms with E-state index in [-0.39, 0.29) is 24.6 Å². The van der Waals surface area contributed by atoms with Gasteiger partial charge in [-0.2, -0.15) is 0 Å². The number of rotatable bonds is 6. The molecular weight excluding hydrogens is 355 g/mol. The van der Waals surface area contributed by atoms with E-state index in [1.165, 1.54) is 25.1 Å². The normalized spacial score (nSPS) is 13.8. The van der Waals surface area contributed by atoms with Crippen molar-refractivity contribution in [1.29, 1.82) is 0 Å². The molecule has 0 saturated heterocycles. The van der Waals surface area contributed by atoms with Crippen molar-refractivity contribution in [3.8, 4) is 5.75 Å². The first kappa shape index (κ1) is 14.9. The van der Waals surface area contributed by atoms with E-state index >= 15 is 0 Å². The topological polar surface area (TPSA) is 105 Å². The SMILES string of the molecule is CC(O)(I)Oc1ccc([N+](=O)[O-])cc1NCCO. The van der Waals surface area contributed by atoms with E-state index in [2.05, 4.69) is 5.32 Å². The van der Waals surface area contributed by atoms with Gasteiger partial charge in [0.15, 0.2) is 0 Å². The van der Waals surface area contributed by atoms with Gasteiger partial charge in [0.1, 0.15) is 5.75 Å². The molecule has 1 unspecified atom stereocenters. The van der Waals surface area contributed by atoms with Crippen LogP contribution in [0.5, 0.6) is 5.75 Å². The Bertz CT molecular complexity index is 433. The van der Waals surface area contributed by atoms with Gasteiger partial charge in [-0.15, -0.1) is 0 Å². The molecule has 7 nitrogen and oxygen atoms in total.